The lowest BCUT2D eigenvalue weighted by Crippen LogP contribution is -2.06. The average Bonchev–Trinajstić information content (AvgIpc) is 2.76. The van der Waals surface area contributed by atoms with E-state index in [1.807, 2.05) is 11.6 Å². The van der Waals surface area contributed by atoms with Crippen molar-refractivity contribution in [1.82, 2.24) is 19.5 Å². The van der Waals surface area contributed by atoms with Crippen molar-refractivity contribution in [2.24, 2.45) is 7.05 Å². The number of fused-ring (bicyclic) bond motifs is 1. The second kappa shape index (κ2) is 4.33. The van der Waals surface area contributed by atoms with Gasteiger partial charge in [-0.3, -0.25) is 0 Å². The summed E-state index contributed by atoms with van der Waals surface area (Å²) in [6.45, 7) is 0.882. The molecule has 0 amide bonds. The number of imidazole rings is 1. The monoisotopic (exact) mass is 274 g/mol. The highest BCUT2D eigenvalue weighted by molar-refractivity contribution is 5.76. The molecule has 0 radical (unpaired) electrons. The smallest absolute Gasteiger partial charge is 0.270 e. The molecule has 2 heterocycles. The van der Waals surface area contributed by atoms with E-state index in [4.69, 9.17) is 0 Å². The van der Waals surface area contributed by atoms with E-state index in [-0.39, 0.29) is 5.56 Å². The fourth-order valence-corrected chi connectivity index (χ4v) is 2.11. The van der Waals surface area contributed by atoms with Crippen LogP contribution in [-0.2, 0) is 13.0 Å². The Balaban J connectivity index is 2.09. The lowest BCUT2D eigenvalue weighted by molar-refractivity contribution is 0.0175. The highest BCUT2D eigenvalue weighted by Gasteiger charge is 2.24. The van der Waals surface area contributed by atoms with Gasteiger partial charge >= 0.3 is 0 Å². The van der Waals surface area contributed by atoms with Crippen LogP contribution in [0.1, 0.15) is 12.5 Å². The Labute approximate surface area is 114 Å². The normalized spacial score (nSPS) is 12.0. The Kier molecular flexibility index (Phi) is 2.74. The van der Waals surface area contributed by atoms with Gasteiger partial charge in [0.2, 0.25) is 0 Å². The van der Waals surface area contributed by atoms with Gasteiger partial charge < -0.3 is 4.57 Å². The number of halogens is 2. The summed E-state index contributed by atoms with van der Waals surface area (Å²) in [5.74, 6) is -2.16. The van der Waals surface area contributed by atoms with Gasteiger partial charge in [-0.1, -0.05) is 24.3 Å². The Morgan fingerprint density at radius 1 is 1.15 bits per heavy atom. The van der Waals surface area contributed by atoms with E-state index in [0.29, 0.717) is 17.0 Å². The van der Waals surface area contributed by atoms with Crippen LogP contribution < -0.4 is 0 Å². The maximum Gasteiger partial charge on any atom is 0.270 e. The van der Waals surface area contributed by atoms with Crippen LogP contribution in [-0.4, -0.2) is 19.5 Å². The number of aryl methyl sites for hydroxylation is 1. The molecule has 3 aromatic rings. The second-order valence-electron chi connectivity index (χ2n) is 4.69. The number of hydrogen-bond donors (Lipinski definition) is 0. The first-order valence-electron chi connectivity index (χ1n) is 6.08. The Morgan fingerprint density at radius 2 is 1.85 bits per heavy atom. The van der Waals surface area contributed by atoms with Crippen molar-refractivity contribution in [2.45, 2.75) is 12.8 Å². The topological polar surface area (TPSA) is 43.6 Å². The van der Waals surface area contributed by atoms with Crippen LogP contribution in [0.15, 0.2) is 36.8 Å². The van der Waals surface area contributed by atoms with Crippen LogP contribution >= 0.6 is 0 Å². The number of aromatic nitrogens is 4. The summed E-state index contributed by atoms with van der Waals surface area (Å²) in [5, 5.41) is 0. The van der Waals surface area contributed by atoms with Crippen molar-refractivity contribution >= 4 is 11.2 Å². The third-order valence-electron chi connectivity index (χ3n) is 3.18. The van der Waals surface area contributed by atoms with E-state index in [0.717, 1.165) is 12.5 Å². The van der Waals surface area contributed by atoms with E-state index in [1.165, 1.54) is 18.5 Å². The molecule has 4 nitrogen and oxygen atoms in total. The van der Waals surface area contributed by atoms with E-state index in [9.17, 15) is 8.78 Å². The molecule has 0 aliphatic heterocycles. The molecule has 0 spiro atoms. The number of benzene rings is 1. The van der Waals surface area contributed by atoms with Crippen molar-refractivity contribution < 1.29 is 8.78 Å². The summed E-state index contributed by atoms with van der Waals surface area (Å²) in [5.41, 5.74) is 2.13. The third kappa shape index (κ3) is 2.03. The maximum atomic E-state index is 13.2. The van der Waals surface area contributed by atoms with Crippen LogP contribution in [0.5, 0.6) is 0 Å². The lowest BCUT2D eigenvalue weighted by Gasteiger charge is -2.10. The summed E-state index contributed by atoms with van der Waals surface area (Å²) in [7, 11) is 1.83. The SMILES string of the molecule is Cn1c(-c2ccc(C(C)(F)F)cc2)nc2cncnc21. The molecule has 0 unspecified atom stereocenters. The summed E-state index contributed by atoms with van der Waals surface area (Å²) < 4.78 is 28.2. The average molecular weight is 274 g/mol. The number of rotatable bonds is 2. The molecule has 102 valence electrons. The Morgan fingerprint density at radius 3 is 2.45 bits per heavy atom. The van der Waals surface area contributed by atoms with Crippen LogP contribution in [0.25, 0.3) is 22.6 Å². The molecule has 0 bridgehead atoms. The van der Waals surface area contributed by atoms with Crippen molar-refractivity contribution in [3.8, 4) is 11.4 Å². The number of nitrogens with zero attached hydrogens (tertiary/aromatic N) is 4. The van der Waals surface area contributed by atoms with Gasteiger partial charge in [-0.05, 0) is 0 Å². The van der Waals surface area contributed by atoms with Gasteiger partial charge in [-0.2, -0.15) is 0 Å². The zero-order valence-corrected chi connectivity index (χ0v) is 11.0. The Bertz CT molecular complexity index is 757. The summed E-state index contributed by atoms with van der Waals surface area (Å²) >= 11 is 0. The second-order valence-corrected chi connectivity index (χ2v) is 4.69. The predicted molar refractivity (Wildman–Crippen MR) is 71.3 cm³/mol. The van der Waals surface area contributed by atoms with E-state index in [2.05, 4.69) is 15.0 Å². The highest BCUT2D eigenvalue weighted by Crippen LogP contribution is 2.29. The number of alkyl halides is 2. The van der Waals surface area contributed by atoms with Gasteiger partial charge in [0, 0.05) is 25.1 Å². The summed E-state index contributed by atoms with van der Waals surface area (Å²) in [4.78, 5) is 12.5. The van der Waals surface area contributed by atoms with Crippen LogP contribution in [0, 0.1) is 0 Å². The minimum atomic E-state index is -2.84. The van der Waals surface area contributed by atoms with Crippen LogP contribution in [0.4, 0.5) is 8.78 Å². The fourth-order valence-electron chi connectivity index (χ4n) is 2.11. The molecule has 0 aliphatic rings. The summed E-state index contributed by atoms with van der Waals surface area (Å²) in [6, 6.07) is 6.11. The molecular formula is C14H12F2N4. The quantitative estimate of drug-likeness (QED) is 0.721. The first kappa shape index (κ1) is 12.7. The Hall–Kier alpha value is -2.37. The molecular weight excluding hydrogens is 262 g/mol. The van der Waals surface area contributed by atoms with Crippen molar-refractivity contribution in [2.75, 3.05) is 0 Å². The van der Waals surface area contributed by atoms with Gasteiger partial charge in [-0.15, -0.1) is 0 Å². The lowest BCUT2D eigenvalue weighted by atomic mass is 10.1. The van der Waals surface area contributed by atoms with Gasteiger partial charge in [0.05, 0.1) is 6.20 Å². The fraction of sp³-hybridized carbons (Fsp3) is 0.214. The van der Waals surface area contributed by atoms with Crippen molar-refractivity contribution in [3.05, 3.63) is 42.4 Å². The van der Waals surface area contributed by atoms with Gasteiger partial charge in [0.1, 0.15) is 17.7 Å². The molecule has 3 rings (SSSR count). The standard InChI is InChI=1S/C14H12F2N4/c1-14(15,16)10-5-3-9(4-6-10)12-19-11-7-17-8-18-13(11)20(12)2/h3-8H,1-2H3. The number of hydrogen-bond acceptors (Lipinski definition) is 3. The zero-order valence-electron chi connectivity index (χ0n) is 11.0. The minimum absolute atomic E-state index is 0.0141. The van der Waals surface area contributed by atoms with Gasteiger partial charge in [-0.25, -0.2) is 23.7 Å². The van der Waals surface area contributed by atoms with E-state index < -0.39 is 5.92 Å². The third-order valence-corrected chi connectivity index (χ3v) is 3.18. The van der Waals surface area contributed by atoms with Gasteiger partial charge in [0.25, 0.3) is 5.92 Å². The molecule has 20 heavy (non-hydrogen) atoms. The first-order valence-corrected chi connectivity index (χ1v) is 6.08. The van der Waals surface area contributed by atoms with Crippen molar-refractivity contribution in [3.63, 3.8) is 0 Å². The largest absolute Gasteiger partial charge is 0.312 e. The molecule has 0 fully saturated rings. The molecule has 0 saturated heterocycles. The predicted octanol–water partition coefficient (Wildman–Crippen LogP) is 3.14. The molecule has 0 saturated carbocycles. The molecule has 0 aliphatic carbocycles. The highest BCUT2D eigenvalue weighted by atomic mass is 19.3. The molecule has 0 atom stereocenters. The molecule has 1 aromatic carbocycles. The minimum Gasteiger partial charge on any atom is -0.312 e. The molecule has 0 N–H and O–H groups in total. The van der Waals surface area contributed by atoms with Crippen LogP contribution in [0.2, 0.25) is 0 Å². The van der Waals surface area contributed by atoms with Crippen molar-refractivity contribution in [1.29, 1.82) is 0 Å². The zero-order chi connectivity index (χ0) is 14.3. The van der Waals surface area contributed by atoms with E-state index in [1.54, 1.807) is 18.3 Å². The van der Waals surface area contributed by atoms with Gasteiger partial charge in [0.15, 0.2) is 5.65 Å². The summed E-state index contributed by atoms with van der Waals surface area (Å²) in [6.07, 6.45) is 3.08. The molecule has 6 heteroatoms. The van der Waals surface area contributed by atoms with Crippen LogP contribution in [0.3, 0.4) is 0 Å². The molecule has 2 aromatic heterocycles. The van der Waals surface area contributed by atoms with E-state index >= 15 is 0 Å². The maximum absolute atomic E-state index is 13.2. The first-order chi connectivity index (χ1) is 9.47.